The van der Waals surface area contributed by atoms with E-state index in [1.54, 1.807) is 27.7 Å². The second kappa shape index (κ2) is 6.16. The molecule has 0 aliphatic rings. The maximum atomic E-state index is 9.82. The minimum atomic E-state index is -0.500. The minimum Gasteiger partial charge on any atom is -0.466 e. The maximum Gasteiger partial charge on any atom is 0.302 e. The summed E-state index contributed by atoms with van der Waals surface area (Å²) in [5, 5.41) is 8.52. The summed E-state index contributed by atoms with van der Waals surface area (Å²) in [6.07, 6.45) is 0. The van der Waals surface area contributed by atoms with Crippen molar-refractivity contribution in [2.45, 2.75) is 40.2 Å². The second-order valence-electron chi connectivity index (χ2n) is 3.10. The summed E-state index contributed by atoms with van der Waals surface area (Å²) in [6.45, 7) is 8.88. The lowest BCUT2D eigenvalue weighted by Gasteiger charge is -2.04. The normalized spacial score (nSPS) is 9.64. The van der Waals surface area contributed by atoms with Gasteiger partial charge in [-0.05, 0) is 27.7 Å². The third-order valence-electron chi connectivity index (χ3n) is 0.348. The van der Waals surface area contributed by atoms with Crippen LogP contribution in [0, 0.1) is 0 Å². The van der Waals surface area contributed by atoms with Gasteiger partial charge in [-0.15, -0.1) is 0 Å². The lowest BCUT2D eigenvalue weighted by molar-refractivity contribution is -0.140. The van der Waals surface area contributed by atoms with Gasteiger partial charge >= 0.3 is 5.97 Å². The van der Waals surface area contributed by atoms with Crippen molar-refractivity contribution in [2.75, 3.05) is 6.61 Å². The molecule has 1 N–H and O–H groups in total. The first-order valence-corrected chi connectivity index (χ1v) is 3.63. The van der Waals surface area contributed by atoms with Gasteiger partial charge in [0.05, 0.1) is 12.2 Å². The van der Waals surface area contributed by atoms with E-state index in [4.69, 9.17) is 5.11 Å². The molecule has 0 fully saturated rings. The van der Waals surface area contributed by atoms with E-state index in [2.05, 4.69) is 4.74 Å². The van der Waals surface area contributed by atoms with E-state index in [0.29, 0.717) is 6.61 Å². The van der Waals surface area contributed by atoms with Crippen LogP contribution < -0.4 is 0 Å². The molecule has 3 heteroatoms. The van der Waals surface area contributed by atoms with Gasteiger partial charge in [0.15, 0.2) is 0 Å². The first kappa shape index (κ1) is 13.1. The SMILES string of the molecule is CC(C)(C)O.CCOC(C)=O. The summed E-state index contributed by atoms with van der Waals surface area (Å²) in [5.41, 5.74) is -0.500. The molecule has 0 aliphatic heterocycles. The Kier molecular flexibility index (Phi) is 7.31. The summed E-state index contributed by atoms with van der Waals surface area (Å²) in [7, 11) is 0. The molecule has 0 radical (unpaired) electrons. The number of carbonyl (C=O) groups excluding carboxylic acids is 1. The maximum absolute atomic E-state index is 9.82. The van der Waals surface area contributed by atoms with Gasteiger partial charge in [-0.2, -0.15) is 0 Å². The largest absolute Gasteiger partial charge is 0.466 e. The van der Waals surface area contributed by atoms with Gasteiger partial charge in [0.25, 0.3) is 0 Å². The number of ether oxygens (including phenoxy) is 1. The van der Waals surface area contributed by atoms with Crippen molar-refractivity contribution in [3.05, 3.63) is 0 Å². The molecule has 68 valence electrons. The second-order valence-corrected chi connectivity index (χ2v) is 3.10. The Morgan fingerprint density at radius 2 is 1.73 bits per heavy atom. The molecule has 0 bridgehead atoms. The Morgan fingerprint density at radius 3 is 1.73 bits per heavy atom. The molecular weight excluding hydrogens is 144 g/mol. The van der Waals surface area contributed by atoms with Crippen LogP contribution in [0.15, 0.2) is 0 Å². The zero-order valence-corrected chi connectivity index (χ0v) is 7.97. The third kappa shape index (κ3) is 88.2. The summed E-state index contributed by atoms with van der Waals surface area (Å²) in [4.78, 5) is 9.82. The molecule has 0 amide bonds. The van der Waals surface area contributed by atoms with Gasteiger partial charge < -0.3 is 9.84 Å². The van der Waals surface area contributed by atoms with Crippen LogP contribution in [-0.4, -0.2) is 23.3 Å². The minimum absolute atomic E-state index is 0.211. The molecule has 3 nitrogen and oxygen atoms in total. The summed E-state index contributed by atoms with van der Waals surface area (Å²) in [6, 6.07) is 0. The average Bonchev–Trinajstić information content (AvgIpc) is 1.58. The molecule has 0 aliphatic carbocycles. The van der Waals surface area contributed by atoms with Crippen molar-refractivity contribution in [3.8, 4) is 0 Å². The predicted molar refractivity (Wildman–Crippen MR) is 44.3 cm³/mol. The zero-order valence-electron chi connectivity index (χ0n) is 7.97. The quantitative estimate of drug-likeness (QED) is 0.592. The van der Waals surface area contributed by atoms with Crippen LogP contribution in [0.4, 0.5) is 0 Å². The van der Waals surface area contributed by atoms with E-state index < -0.39 is 5.60 Å². The summed E-state index contributed by atoms with van der Waals surface area (Å²) in [5.74, 6) is -0.211. The number of hydrogen-bond acceptors (Lipinski definition) is 3. The highest BCUT2D eigenvalue weighted by Crippen LogP contribution is 1.93. The van der Waals surface area contributed by atoms with Crippen LogP contribution in [0.1, 0.15) is 34.6 Å². The molecule has 0 unspecified atom stereocenters. The number of esters is 1. The van der Waals surface area contributed by atoms with Crippen molar-refractivity contribution in [1.82, 2.24) is 0 Å². The lowest BCUT2D eigenvalue weighted by atomic mass is 10.2. The standard InChI is InChI=1S/C4H8O2.C4H10O/c1-3-6-4(2)5;1-4(2,3)5/h3H2,1-2H3;5H,1-3H3. The molecular formula is C8H18O3. The first-order valence-electron chi connectivity index (χ1n) is 3.63. The number of aliphatic hydroxyl groups is 1. The Hall–Kier alpha value is -0.570. The fraction of sp³-hybridized carbons (Fsp3) is 0.875. The van der Waals surface area contributed by atoms with E-state index >= 15 is 0 Å². The molecule has 11 heavy (non-hydrogen) atoms. The molecule has 0 saturated carbocycles. The Balaban J connectivity index is 0. The predicted octanol–water partition coefficient (Wildman–Crippen LogP) is 1.35. The van der Waals surface area contributed by atoms with E-state index in [9.17, 15) is 4.79 Å². The van der Waals surface area contributed by atoms with Crippen molar-refractivity contribution >= 4 is 5.97 Å². The molecule has 0 aromatic carbocycles. The Morgan fingerprint density at radius 1 is 1.45 bits per heavy atom. The highest BCUT2D eigenvalue weighted by Gasteiger charge is 1.97. The molecule has 0 spiro atoms. The average molecular weight is 162 g/mol. The van der Waals surface area contributed by atoms with Crippen LogP contribution in [0.5, 0.6) is 0 Å². The zero-order chi connectivity index (χ0) is 9.49. The third-order valence-corrected chi connectivity index (χ3v) is 0.348. The monoisotopic (exact) mass is 162 g/mol. The van der Waals surface area contributed by atoms with Gasteiger partial charge in [0, 0.05) is 6.92 Å². The molecule has 0 saturated heterocycles. The van der Waals surface area contributed by atoms with Gasteiger partial charge in [0.2, 0.25) is 0 Å². The van der Waals surface area contributed by atoms with E-state index in [0.717, 1.165) is 0 Å². The van der Waals surface area contributed by atoms with Gasteiger partial charge in [-0.25, -0.2) is 0 Å². The van der Waals surface area contributed by atoms with Crippen molar-refractivity contribution in [1.29, 1.82) is 0 Å². The topological polar surface area (TPSA) is 46.5 Å². The van der Waals surface area contributed by atoms with Crippen LogP contribution in [0.3, 0.4) is 0 Å². The molecule has 0 heterocycles. The lowest BCUT2D eigenvalue weighted by Crippen LogP contribution is -2.10. The molecule has 0 aromatic rings. The van der Waals surface area contributed by atoms with E-state index in [1.807, 2.05) is 0 Å². The molecule has 0 atom stereocenters. The molecule has 0 rings (SSSR count). The van der Waals surface area contributed by atoms with E-state index in [-0.39, 0.29) is 5.97 Å². The van der Waals surface area contributed by atoms with Gasteiger partial charge in [-0.3, -0.25) is 4.79 Å². The van der Waals surface area contributed by atoms with Crippen LogP contribution in [0.2, 0.25) is 0 Å². The number of hydrogen-bond donors (Lipinski definition) is 1. The van der Waals surface area contributed by atoms with Crippen molar-refractivity contribution in [2.24, 2.45) is 0 Å². The number of carbonyl (C=O) groups is 1. The van der Waals surface area contributed by atoms with Crippen LogP contribution in [0.25, 0.3) is 0 Å². The van der Waals surface area contributed by atoms with Crippen molar-refractivity contribution in [3.63, 3.8) is 0 Å². The fourth-order valence-electron chi connectivity index (χ4n) is 0.203. The van der Waals surface area contributed by atoms with Gasteiger partial charge in [0.1, 0.15) is 0 Å². The van der Waals surface area contributed by atoms with Crippen LogP contribution in [-0.2, 0) is 9.53 Å². The Bertz CT molecular complexity index is 96.4. The number of rotatable bonds is 1. The first-order chi connectivity index (χ1) is 4.77. The summed E-state index contributed by atoms with van der Waals surface area (Å²) < 4.78 is 4.40. The Labute approximate surface area is 68.4 Å². The van der Waals surface area contributed by atoms with Crippen LogP contribution >= 0.6 is 0 Å². The summed E-state index contributed by atoms with van der Waals surface area (Å²) >= 11 is 0. The fourth-order valence-corrected chi connectivity index (χ4v) is 0.203. The van der Waals surface area contributed by atoms with Gasteiger partial charge in [-0.1, -0.05) is 0 Å². The van der Waals surface area contributed by atoms with E-state index in [1.165, 1.54) is 6.92 Å². The van der Waals surface area contributed by atoms with Crippen molar-refractivity contribution < 1.29 is 14.6 Å². The highest BCUT2D eigenvalue weighted by atomic mass is 16.5. The highest BCUT2D eigenvalue weighted by molar-refractivity contribution is 5.65. The smallest absolute Gasteiger partial charge is 0.302 e. The molecule has 0 aromatic heterocycles.